The molecule has 1 fully saturated rings. The van der Waals surface area contributed by atoms with E-state index in [1.54, 1.807) is 31.3 Å². The molecule has 0 atom stereocenters. The number of para-hydroxylation sites is 1. The number of amides is 2. The number of piperazine rings is 1. The molecule has 4 rings (SSSR count). The zero-order valence-corrected chi connectivity index (χ0v) is 17.0. The lowest BCUT2D eigenvalue weighted by Crippen LogP contribution is -2.50. The highest BCUT2D eigenvalue weighted by molar-refractivity contribution is 5.91. The standard InChI is InChI=1S/C21H27N5O3/c1-28-18-9-5-8-17(20(18)29-2)22-21(27)26-12-10-25(11-13-26)19-14-15-6-3-4-7-16(15)23-24-19/h5,8-9,14H,3-4,6-7,10-13H2,1-2H3,(H,22,27). The van der Waals surface area contributed by atoms with Crippen LogP contribution in [0.4, 0.5) is 16.3 Å². The van der Waals surface area contributed by atoms with Gasteiger partial charge in [-0.2, -0.15) is 5.10 Å². The van der Waals surface area contributed by atoms with Gasteiger partial charge in [0.25, 0.3) is 0 Å². The molecule has 8 heteroatoms. The fraction of sp³-hybridized carbons (Fsp3) is 0.476. The van der Waals surface area contributed by atoms with Gasteiger partial charge in [-0.15, -0.1) is 5.10 Å². The Kier molecular flexibility index (Phi) is 5.69. The monoisotopic (exact) mass is 397 g/mol. The summed E-state index contributed by atoms with van der Waals surface area (Å²) in [6.07, 6.45) is 4.54. The molecular weight excluding hydrogens is 370 g/mol. The van der Waals surface area contributed by atoms with Gasteiger partial charge in [0.15, 0.2) is 17.3 Å². The molecule has 0 spiro atoms. The molecule has 1 N–H and O–H groups in total. The highest BCUT2D eigenvalue weighted by Gasteiger charge is 2.24. The predicted octanol–water partition coefficient (Wildman–Crippen LogP) is 2.73. The number of carbonyl (C=O) groups is 1. The molecule has 2 aromatic rings. The number of hydrogen-bond donors (Lipinski definition) is 1. The van der Waals surface area contributed by atoms with Crippen LogP contribution in [0.15, 0.2) is 24.3 Å². The molecule has 1 saturated heterocycles. The molecule has 1 aliphatic carbocycles. The first-order valence-corrected chi connectivity index (χ1v) is 10.1. The van der Waals surface area contributed by atoms with Crippen LogP contribution in [0.5, 0.6) is 11.5 Å². The molecule has 29 heavy (non-hydrogen) atoms. The second kappa shape index (κ2) is 8.55. The summed E-state index contributed by atoms with van der Waals surface area (Å²) in [6.45, 7) is 2.71. The maximum atomic E-state index is 12.7. The quantitative estimate of drug-likeness (QED) is 0.855. The third-order valence-electron chi connectivity index (χ3n) is 5.59. The van der Waals surface area contributed by atoms with Crippen molar-refractivity contribution < 1.29 is 14.3 Å². The van der Waals surface area contributed by atoms with E-state index in [1.165, 1.54) is 18.4 Å². The molecule has 2 heterocycles. The second-order valence-corrected chi connectivity index (χ2v) is 7.33. The van der Waals surface area contributed by atoms with Gasteiger partial charge < -0.3 is 24.6 Å². The van der Waals surface area contributed by atoms with Crippen LogP contribution in [0.25, 0.3) is 0 Å². The zero-order chi connectivity index (χ0) is 20.2. The number of aryl methyl sites for hydroxylation is 2. The van der Waals surface area contributed by atoms with Gasteiger partial charge in [0.05, 0.1) is 25.6 Å². The van der Waals surface area contributed by atoms with Crippen molar-refractivity contribution in [3.05, 3.63) is 35.5 Å². The van der Waals surface area contributed by atoms with Gasteiger partial charge in [-0.3, -0.25) is 0 Å². The minimum absolute atomic E-state index is 0.146. The van der Waals surface area contributed by atoms with Crippen molar-refractivity contribution in [2.45, 2.75) is 25.7 Å². The summed E-state index contributed by atoms with van der Waals surface area (Å²) in [5, 5.41) is 11.8. The molecule has 1 aromatic heterocycles. The number of nitrogens with one attached hydrogen (secondary N) is 1. The van der Waals surface area contributed by atoms with Crippen molar-refractivity contribution in [3.8, 4) is 11.5 Å². The van der Waals surface area contributed by atoms with Gasteiger partial charge in [0, 0.05) is 26.2 Å². The lowest BCUT2D eigenvalue weighted by atomic mass is 9.97. The Hall–Kier alpha value is -3.03. The molecule has 0 unspecified atom stereocenters. The number of anilines is 2. The van der Waals surface area contributed by atoms with Gasteiger partial charge in [0.2, 0.25) is 0 Å². The van der Waals surface area contributed by atoms with E-state index in [0.717, 1.165) is 37.4 Å². The molecule has 2 aliphatic rings. The molecule has 0 bridgehead atoms. The summed E-state index contributed by atoms with van der Waals surface area (Å²) in [7, 11) is 3.14. The Balaban J connectivity index is 1.38. The van der Waals surface area contributed by atoms with E-state index in [4.69, 9.17) is 9.47 Å². The molecule has 2 amide bonds. The normalized spacial score (nSPS) is 16.2. The Bertz CT molecular complexity index is 881. The lowest BCUT2D eigenvalue weighted by molar-refractivity contribution is 0.208. The summed E-state index contributed by atoms with van der Waals surface area (Å²) in [6, 6.07) is 7.46. The van der Waals surface area contributed by atoms with Crippen molar-refractivity contribution in [3.63, 3.8) is 0 Å². The highest BCUT2D eigenvalue weighted by Crippen LogP contribution is 2.34. The number of ether oxygens (including phenoxy) is 2. The third kappa shape index (κ3) is 4.06. The first kappa shape index (κ1) is 19.3. The second-order valence-electron chi connectivity index (χ2n) is 7.33. The third-order valence-corrected chi connectivity index (χ3v) is 5.59. The first-order chi connectivity index (χ1) is 14.2. The van der Waals surface area contributed by atoms with Crippen LogP contribution >= 0.6 is 0 Å². The lowest BCUT2D eigenvalue weighted by Gasteiger charge is -2.35. The minimum Gasteiger partial charge on any atom is -0.493 e. The maximum Gasteiger partial charge on any atom is 0.322 e. The number of urea groups is 1. The Morgan fingerprint density at radius 2 is 1.83 bits per heavy atom. The number of hydrogen-bond acceptors (Lipinski definition) is 6. The number of benzene rings is 1. The summed E-state index contributed by atoms with van der Waals surface area (Å²) in [5.74, 6) is 2.02. The molecule has 1 aliphatic heterocycles. The smallest absolute Gasteiger partial charge is 0.322 e. The van der Waals surface area contributed by atoms with Gasteiger partial charge in [0.1, 0.15) is 0 Å². The summed E-state index contributed by atoms with van der Waals surface area (Å²) < 4.78 is 10.7. The Labute approximate surface area is 170 Å². The van der Waals surface area contributed by atoms with Gasteiger partial charge in [-0.1, -0.05) is 6.07 Å². The zero-order valence-electron chi connectivity index (χ0n) is 17.0. The SMILES string of the molecule is COc1cccc(NC(=O)N2CCN(c3cc4c(nn3)CCCC4)CC2)c1OC. The number of methoxy groups -OCH3 is 2. The fourth-order valence-corrected chi connectivity index (χ4v) is 3.95. The van der Waals surface area contributed by atoms with Crippen molar-refractivity contribution in [2.75, 3.05) is 50.6 Å². The molecule has 0 saturated carbocycles. The van der Waals surface area contributed by atoms with Crippen LogP contribution in [0.2, 0.25) is 0 Å². The van der Waals surface area contributed by atoms with E-state index in [1.807, 2.05) is 6.07 Å². The van der Waals surface area contributed by atoms with Crippen molar-refractivity contribution in [2.24, 2.45) is 0 Å². The van der Waals surface area contributed by atoms with E-state index in [-0.39, 0.29) is 6.03 Å². The van der Waals surface area contributed by atoms with Crippen LogP contribution < -0.4 is 19.7 Å². The van der Waals surface area contributed by atoms with E-state index >= 15 is 0 Å². The van der Waals surface area contributed by atoms with Crippen LogP contribution in [-0.2, 0) is 12.8 Å². The number of aromatic nitrogens is 2. The van der Waals surface area contributed by atoms with Crippen LogP contribution in [0.1, 0.15) is 24.1 Å². The van der Waals surface area contributed by atoms with Gasteiger partial charge in [-0.25, -0.2) is 4.79 Å². The number of rotatable bonds is 4. The average molecular weight is 397 g/mol. The maximum absolute atomic E-state index is 12.7. The molecule has 0 radical (unpaired) electrons. The Morgan fingerprint density at radius 1 is 1.03 bits per heavy atom. The summed E-state index contributed by atoms with van der Waals surface area (Å²) in [5.41, 5.74) is 3.07. The first-order valence-electron chi connectivity index (χ1n) is 10.1. The number of carbonyl (C=O) groups excluding carboxylic acids is 1. The van der Waals surface area contributed by atoms with E-state index in [2.05, 4.69) is 26.5 Å². The minimum atomic E-state index is -0.146. The van der Waals surface area contributed by atoms with E-state index < -0.39 is 0 Å². The van der Waals surface area contributed by atoms with Gasteiger partial charge >= 0.3 is 6.03 Å². The van der Waals surface area contributed by atoms with Crippen LogP contribution in [0.3, 0.4) is 0 Å². The molecule has 8 nitrogen and oxygen atoms in total. The molecule has 1 aromatic carbocycles. The summed E-state index contributed by atoms with van der Waals surface area (Å²) >= 11 is 0. The highest BCUT2D eigenvalue weighted by atomic mass is 16.5. The van der Waals surface area contributed by atoms with Crippen molar-refractivity contribution >= 4 is 17.5 Å². The fourth-order valence-electron chi connectivity index (χ4n) is 3.95. The van der Waals surface area contributed by atoms with Crippen LogP contribution in [0, 0.1) is 0 Å². The molecular formula is C21H27N5O3. The average Bonchev–Trinajstić information content (AvgIpc) is 2.78. The molecule has 154 valence electrons. The predicted molar refractivity (Wildman–Crippen MR) is 111 cm³/mol. The van der Waals surface area contributed by atoms with E-state index in [0.29, 0.717) is 30.3 Å². The van der Waals surface area contributed by atoms with Crippen molar-refractivity contribution in [1.29, 1.82) is 0 Å². The largest absolute Gasteiger partial charge is 0.493 e. The summed E-state index contributed by atoms with van der Waals surface area (Å²) in [4.78, 5) is 16.8. The van der Waals surface area contributed by atoms with E-state index in [9.17, 15) is 4.79 Å². The van der Waals surface area contributed by atoms with Gasteiger partial charge in [-0.05, 0) is 49.4 Å². The Morgan fingerprint density at radius 3 is 2.59 bits per heavy atom. The van der Waals surface area contributed by atoms with Crippen LogP contribution in [-0.4, -0.2) is 61.5 Å². The number of nitrogens with zero attached hydrogens (tertiary/aromatic N) is 4. The topological polar surface area (TPSA) is 79.8 Å². The number of fused-ring (bicyclic) bond motifs is 1. The van der Waals surface area contributed by atoms with Crippen molar-refractivity contribution in [1.82, 2.24) is 15.1 Å².